The van der Waals surface area contributed by atoms with E-state index < -0.39 is 0 Å². The van der Waals surface area contributed by atoms with Gasteiger partial charge in [-0.2, -0.15) is 0 Å². The summed E-state index contributed by atoms with van der Waals surface area (Å²) in [5, 5.41) is 0. The molecule has 0 spiro atoms. The molecule has 0 saturated carbocycles. The molecular weight excluding hydrogens is 284 g/mol. The van der Waals surface area contributed by atoms with Crippen molar-refractivity contribution in [3.8, 4) is 0 Å². The van der Waals surface area contributed by atoms with E-state index in [0.717, 1.165) is 31.9 Å². The van der Waals surface area contributed by atoms with E-state index in [2.05, 4.69) is 19.1 Å². The van der Waals surface area contributed by atoms with E-state index >= 15 is 0 Å². The van der Waals surface area contributed by atoms with Gasteiger partial charge in [-0.05, 0) is 32.1 Å². The lowest BCUT2D eigenvalue weighted by atomic mass is 10.1. The van der Waals surface area contributed by atoms with Gasteiger partial charge in [-0.25, -0.2) is 0 Å². The van der Waals surface area contributed by atoms with Crippen LogP contribution in [0, 0.1) is 0 Å². The lowest BCUT2D eigenvalue weighted by Gasteiger charge is -2.02. The topological polar surface area (TPSA) is 18.5 Å². The molecular formula is C18H35ClO2. The highest BCUT2D eigenvalue weighted by atomic mass is 35.5. The lowest BCUT2D eigenvalue weighted by molar-refractivity contribution is -0.0519. The number of hydrogen-bond acceptors (Lipinski definition) is 2. The monoisotopic (exact) mass is 318 g/mol. The van der Waals surface area contributed by atoms with Gasteiger partial charge >= 0.3 is 0 Å². The van der Waals surface area contributed by atoms with Crippen LogP contribution in [0.5, 0.6) is 0 Å². The van der Waals surface area contributed by atoms with Crippen molar-refractivity contribution in [2.24, 2.45) is 0 Å². The van der Waals surface area contributed by atoms with Crippen LogP contribution in [-0.4, -0.2) is 25.9 Å². The van der Waals surface area contributed by atoms with Gasteiger partial charge in [0.15, 0.2) is 0 Å². The first kappa shape index (κ1) is 20.9. The van der Waals surface area contributed by atoms with Crippen molar-refractivity contribution in [1.29, 1.82) is 0 Å². The van der Waals surface area contributed by atoms with Crippen molar-refractivity contribution in [3.05, 3.63) is 12.2 Å². The number of unbranched alkanes of at least 4 members (excludes halogenated alkanes) is 8. The number of allylic oxidation sites excluding steroid dienone is 1. The smallest absolute Gasteiger partial charge is 0.146 e. The molecule has 0 amide bonds. The van der Waals surface area contributed by atoms with Crippen LogP contribution in [0.15, 0.2) is 12.2 Å². The normalized spacial score (nSPS) is 11.5. The summed E-state index contributed by atoms with van der Waals surface area (Å²) < 4.78 is 10.6. The fourth-order valence-corrected chi connectivity index (χ4v) is 2.31. The summed E-state index contributed by atoms with van der Waals surface area (Å²) in [6, 6.07) is 0. The SMILES string of the molecule is CCCOCOCCC=CCCCCCCCCCCCl. The Morgan fingerprint density at radius 2 is 1.29 bits per heavy atom. The molecule has 21 heavy (non-hydrogen) atoms. The van der Waals surface area contributed by atoms with Crippen LogP contribution in [0.2, 0.25) is 0 Å². The van der Waals surface area contributed by atoms with Crippen LogP contribution < -0.4 is 0 Å². The van der Waals surface area contributed by atoms with Crippen LogP contribution in [-0.2, 0) is 9.47 Å². The average Bonchev–Trinajstić information content (AvgIpc) is 2.50. The Balaban J connectivity index is 3.02. The van der Waals surface area contributed by atoms with Crippen molar-refractivity contribution in [2.45, 2.75) is 77.6 Å². The van der Waals surface area contributed by atoms with Gasteiger partial charge in [0.25, 0.3) is 0 Å². The van der Waals surface area contributed by atoms with Crippen molar-refractivity contribution >= 4 is 11.6 Å². The average molecular weight is 319 g/mol. The summed E-state index contributed by atoms with van der Waals surface area (Å²) in [5.74, 6) is 0.823. The van der Waals surface area contributed by atoms with Gasteiger partial charge in [0, 0.05) is 12.5 Å². The minimum Gasteiger partial charge on any atom is -0.355 e. The number of halogens is 1. The van der Waals surface area contributed by atoms with E-state index in [9.17, 15) is 0 Å². The van der Waals surface area contributed by atoms with Gasteiger partial charge in [-0.1, -0.05) is 57.6 Å². The molecule has 3 heteroatoms. The molecule has 0 aromatic rings. The number of rotatable bonds is 17. The fourth-order valence-electron chi connectivity index (χ4n) is 2.13. The van der Waals surface area contributed by atoms with Crippen LogP contribution >= 0.6 is 11.6 Å². The van der Waals surface area contributed by atoms with Gasteiger partial charge in [-0.3, -0.25) is 0 Å². The maximum absolute atomic E-state index is 5.65. The molecule has 0 atom stereocenters. The molecule has 0 aromatic carbocycles. The predicted molar refractivity (Wildman–Crippen MR) is 93.1 cm³/mol. The minimum atomic E-state index is 0.437. The first-order valence-electron chi connectivity index (χ1n) is 8.78. The summed E-state index contributed by atoms with van der Waals surface area (Å²) in [6.07, 6.45) is 18.4. The van der Waals surface area contributed by atoms with Crippen LogP contribution in [0.4, 0.5) is 0 Å². The third-order valence-electron chi connectivity index (χ3n) is 3.37. The quantitative estimate of drug-likeness (QED) is 0.140. The molecule has 0 fully saturated rings. The van der Waals surface area contributed by atoms with E-state index in [1.165, 1.54) is 57.8 Å². The molecule has 0 heterocycles. The van der Waals surface area contributed by atoms with Crippen molar-refractivity contribution < 1.29 is 9.47 Å². The Morgan fingerprint density at radius 3 is 1.95 bits per heavy atom. The largest absolute Gasteiger partial charge is 0.355 e. The molecule has 0 unspecified atom stereocenters. The van der Waals surface area contributed by atoms with Gasteiger partial charge in [0.1, 0.15) is 6.79 Å². The zero-order chi connectivity index (χ0) is 15.4. The molecule has 0 aromatic heterocycles. The molecule has 0 aliphatic rings. The zero-order valence-electron chi connectivity index (χ0n) is 14.0. The second kappa shape index (κ2) is 19.9. The third kappa shape index (κ3) is 19.9. The summed E-state index contributed by atoms with van der Waals surface area (Å²) in [5.41, 5.74) is 0. The standard InChI is InChI=1S/C18H35ClO2/c1-2-16-20-18-21-17-14-12-10-8-6-4-3-5-7-9-11-13-15-19/h10,12H,2-9,11,13-18H2,1H3. The van der Waals surface area contributed by atoms with Crippen LogP contribution in [0.25, 0.3) is 0 Å². The Bertz CT molecular complexity index is 207. The lowest BCUT2D eigenvalue weighted by Crippen LogP contribution is -2.01. The van der Waals surface area contributed by atoms with Gasteiger partial charge in [-0.15, -0.1) is 11.6 Å². The zero-order valence-corrected chi connectivity index (χ0v) is 14.7. The Labute approximate surface area is 137 Å². The van der Waals surface area contributed by atoms with Crippen molar-refractivity contribution in [2.75, 3.05) is 25.9 Å². The molecule has 0 bridgehead atoms. The maximum Gasteiger partial charge on any atom is 0.146 e. The molecule has 0 radical (unpaired) electrons. The van der Waals surface area contributed by atoms with Crippen LogP contribution in [0.1, 0.15) is 77.6 Å². The predicted octanol–water partition coefficient (Wildman–Crippen LogP) is 6.08. The first-order chi connectivity index (χ1) is 10.4. The summed E-state index contributed by atoms with van der Waals surface area (Å²) in [4.78, 5) is 0. The number of hydrogen-bond donors (Lipinski definition) is 0. The molecule has 2 nitrogen and oxygen atoms in total. The second-order valence-corrected chi connectivity index (χ2v) is 5.88. The second-order valence-electron chi connectivity index (χ2n) is 5.50. The highest BCUT2D eigenvalue weighted by Gasteiger charge is 1.91. The van der Waals surface area contributed by atoms with E-state index in [4.69, 9.17) is 21.1 Å². The molecule has 0 N–H and O–H groups in total. The Kier molecular flexibility index (Phi) is 19.9. The summed E-state index contributed by atoms with van der Waals surface area (Å²) in [6.45, 7) is 4.10. The minimum absolute atomic E-state index is 0.437. The Morgan fingerprint density at radius 1 is 0.714 bits per heavy atom. The Hall–Kier alpha value is -0.0500. The first-order valence-corrected chi connectivity index (χ1v) is 9.31. The summed E-state index contributed by atoms with van der Waals surface area (Å²) in [7, 11) is 0. The van der Waals surface area contributed by atoms with E-state index in [1.807, 2.05) is 0 Å². The molecule has 0 saturated heterocycles. The van der Waals surface area contributed by atoms with Crippen molar-refractivity contribution in [3.63, 3.8) is 0 Å². The molecule has 126 valence electrons. The van der Waals surface area contributed by atoms with E-state index in [0.29, 0.717) is 6.79 Å². The van der Waals surface area contributed by atoms with E-state index in [-0.39, 0.29) is 0 Å². The highest BCUT2D eigenvalue weighted by molar-refractivity contribution is 6.17. The van der Waals surface area contributed by atoms with E-state index in [1.54, 1.807) is 0 Å². The molecule has 0 aliphatic carbocycles. The van der Waals surface area contributed by atoms with Gasteiger partial charge < -0.3 is 9.47 Å². The van der Waals surface area contributed by atoms with Crippen LogP contribution in [0.3, 0.4) is 0 Å². The number of ether oxygens (including phenoxy) is 2. The molecule has 0 rings (SSSR count). The maximum atomic E-state index is 5.65. The summed E-state index contributed by atoms with van der Waals surface area (Å²) >= 11 is 5.65. The highest BCUT2D eigenvalue weighted by Crippen LogP contribution is 2.10. The van der Waals surface area contributed by atoms with Crippen molar-refractivity contribution in [1.82, 2.24) is 0 Å². The van der Waals surface area contributed by atoms with Gasteiger partial charge in [0.05, 0.1) is 6.61 Å². The number of alkyl halides is 1. The third-order valence-corrected chi connectivity index (χ3v) is 3.63. The van der Waals surface area contributed by atoms with Gasteiger partial charge in [0.2, 0.25) is 0 Å². The fraction of sp³-hybridized carbons (Fsp3) is 0.889. The molecule has 0 aliphatic heterocycles.